The minimum absolute atomic E-state index is 0.0447. The summed E-state index contributed by atoms with van der Waals surface area (Å²) in [6.45, 7) is 4.71. The predicted molar refractivity (Wildman–Crippen MR) is 108 cm³/mol. The van der Waals surface area contributed by atoms with Crippen molar-refractivity contribution in [3.8, 4) is 17.2 Å². The third-order valence-corrected chi connectivity index (χ3v) is 3.72. The highest BCUT2D eigenvalue weighted by molar-refractivity contribution is 5.90. The molecule has 0 aliphatic rings. The van der Waals surface area contributed by atoms with Gasteiger partial charge < -0.3 is 14.2 Å². The molecule has 158 valence electrons. The number of benzene rings is 2. The van der Waals surface area contributed by atoms with Gasteiger partial charge in [-0.3, -0.25) is 19.7 Å². The van der Waals surface area contributed by atoms with E-state index in [4.69, 9.17) is 14.2 Å². The summed E-state index contributed by atoms with van der Waals surface area (Å²) in [4.78, 5) is 33.9. The minimum atomic E-state index is -0.696. The molecule has 0 saturated heterocycles. The Morgan fingerprint density at radius 1 is 1.20 bits per heavy atom. The number of hydrazone groups is 1. The van der Waals surface area contributed by atoms with E-state index in [1.54, 1.807) is 12.1 Å². The first-order valence-corrected chi connectivity index (χ1v) is 8.78. The maximum absolute atomic E-state index is 11.9. The van der Waals surface area contributed by atoms with Crippen LogP contribution in [0.5, 0.6) is 17.2 Å². The number of carbonyl (C=O) groups excluding carboxylic acids is 2. The smallest absolute Gasteiger partial charge is 0.323 e. The van der Waals surface area contributed by atoms with E-state index in [0.717, 1.165) is 24.3 Å². The van der Waals surface area contributed by atoms with Gasteiger partial charge in [-0.25, -0.2) is 5.43 Å². The molecule has 1 amide bonds. The number of hydrogen-bond acceptors (Lipinski definition) is 8. The van der Waals surface area contributed by atoms with E-state index < -0.39 is 22.5 Å². The first kappa shape index (κ1) is 22.3. The van der Waals surface area contributed by atoms with E-state index in [1.807, 2.05) is 19.9 Å². The zero-order valence-electron chi connectivity index (χ0n) is 16.9. The van der Waals surface area contributed by atoms with Gasteiger partial charge in [0.25, 0.3) is 5.91 Å². The second-order valence-corrected chi connectivity index (χ2v) is 6.29. The van der Waals surface area contributed by atoms with Crippen LogP contribution in [0.2, 0.25) is 0 Å². The normalized spacial score (nSPS) is 10.5. The van der Waals surface area contributed by atoms with E-state index >= 15 is 0 Å². The van der Waals surface area contributed by atoms with Crippen molar-refractivity contribution in [2.45, 2.75) is 20.8 Å². The number of amides is 1. The third kappa shape index (κ3) is 6.03. The van der Waals surface area contributed by atoms with Gasteiger partial charge in [0.2, 0.25) is 5.75 Å². The van der Waals surface area contributed by atoms with Crippen LogP contribution >= 0.6 is 0 Å². The Kier molecular flexibility index (Phi) is 7.45. The van der Waals surface area contributed by atoms with Crippen LogP contribution in [0.15, 0.2) is 35.4 Å². The number of hydrogen-bond donors (Lipinski definition) is 1. The summed E-state index contributed by atoms with van der Waals surface area (Å²) in [6, 6.07) is 8.22. The predicted octanol–water partition coefficient (Wildman–Crippen LogP) is 2.67. The van der Waals surface area contributed by atoms with Crippen LogP contribution in [0.1, 0.15) is 23.6 Å². The number of nitrogens with one attached hydrogen (secondary N) is 1. The van der Waals surface area contributed by atoms with Crippen molar-refractivity contribution in [3.63, 3.8) is 0 Å². The summed E-state index contributed by atoms with van der Waals surface area (Å²) in [5.74, 6) is -0.979. The molecule has 0 radical (unpaired) electrons. The Balaban J connectivity index is 2.10. The first-order valence-electron chi connectivity index (χ1n) is 8.78. The molecule has 0 fully saturated rings. The molecule has 30 heavy (non-hydrogen) atoms. The quantitative estimate of drug-likeness (QED) is 0.231. The zero-order chi connectivity index (χ0) is 22.3. The molecule has 0 heterocycles. The van der Waals surface area contributed by atoms with Gasteiger partial charge in [0, 0.05) is 6.92 Å². The van der Waals surface area contributed by atoms with Gasteiger partial charge in [-0.1, -0.05) is 6.07 Å². The summed E-state index contributed by atoms with van der Waals surface area (Å²) >= 11 is 0. The molecular formula is C20H21N3O7. The molecule has 0 aromatic heterocycles. The number of methoxy groups -OCH3 is 1. The third-order valence-electron chi connectivity index (χ3n) is 3.72. The molecule has 0 unspecified atom stereocenters. The van der Waals surface area contributed by atoms with Gasteiger partial charge in [-0.2, -0.15) is 5.10 Å². The maximum Gasteiger partial charge on any atom is 0.323 e. The summed E-state index contributed by atoms with van der Waals surface area (Å²) in [7, 11) is 1.21. The average molecular weight is 415 g/mol. The van der Waals surface area contributed by atoms with Crippen molar-refractivity contribution in [1.82, 2.24) is 5.43 Å². The van der Waals surface area contributed by atoms with Crippen molar-refractivity contribution in [1.29, 1.82) is 0 Å². The van der Waals surface area contributed by atoms with Gasteiger partial charge in [0.05, 0.1) is 23.8 Å². The van der Waals surface area contributed by atoms with Crippen LogP contribution in [0.4, 0.5) is 5.69 Å². The van der Waals surface area contributed by atoms with Crippen LogP contribution < -0.4 is 19.6 Å². The van der Waals surface area contributed by atoms with Gasteiger partial charge in [0.1, 0.15) is 5.75 Å². The molecule has 0 atom stereocenters. The molecule has 10 nitrogen and oxygen atoms in total. The summed E-state index contributed by atoms with van der Waals surface area (Å²) < 4.78 is 15.4. The molecule has 10 heteroatoms. The number of ether oxygens (including phenoxy) is 3. The highest BCUT2D eigenvalue weighted by Crippen LogP contribution is 2.39. The average Bonchev–Trinajstić information content (AvgIpc) is 2.65. The molecule has 1 N–H and O–H groups in total. The second-order valence-electron chi connectivity index (χ2n) is 6.29. The molecule has 0 aliphatic heterocycles. The Hall–Kier alpha value is -3.95. The van der Waals surface area contributed by atoms with Crippen LogP contribution in [-0.2, 0) is 9.59 Å². The van der Waals surface area contributed by atoms with Crippen LogP contribution in [0, 0.1) is 24.0 Å². The standard InChI is InChI=1S/C20H21N3O7/c1-12-7-13(2)9-16(8-12)29-11-18(25)22-21-10-15-5-6-17(30-14(3)24)20(28-4)19(15)23(26)27/h5-10H,11H2,1-4H3,(H,22,25). The fourth-order valence-electron chi connectivity index (χ4n) is 2.66. The van der Waals surface area contributed by atoms with E-state index in [1.165, 1.54) is 19.2 Å². The SMILES string of the molecule is COc1c(OC(C)=O)ccc(C=NNC(=O)COc2cc(C)cc(C)c2)c1[N+](=O)[O-]. The molecular weight excluding hydrogens is 394 g/mol. The number of nitro groups is 1. The number of esters is 1. The number of nitro benzene ring substituents is 1. The van der Waals surface area contributed by atoms with Crippen molar-refractivity contribution in [2.24, 2.45) is 5.10 Å². The highest BCUT2D eigenvalue weighted by Gasteiger charge is 2.25. The highest BCUT2D eigenvalue weighted by atomic mass is 16.6. The molecule has 2 rings (SSSR count). The van der Waals surface area contributed by atoms with Crippen molar-refractivity contribution in [2.75, 3.05) is 13.7 Å². The lowest BCUT2D eigenvalue weighted by molar-refractivity contribution is -0.385. The van der Waals surface area contributed by atoms with E-state index in [0.29, 0.717) is 5.75 Å². The second kappa shape index (κ2) is 10.0. The minimum Gasteiger partial charge on any atom is -0.488 e. The van der Waals surface area contributed by atoms with Crippen molar-refractivity contribution in [3.05, 3.63) is 57.1 Å². The summed E-state index contributed by atoms with van der Waals surface area (Å²) in [6.07, 6.45) is 1.09. The summed E-state index contributed by atoms with van der Waals surface area (Å²) in [5, 5.41) is 15.2. The van der Waals surface area contributed by atoms with Crippen LogP contribution in [-0.4, -0.2) is 36.7 Å². The Labute approximate surface area is 172 Å². The molecule has 2 aromatic carbocycles. The van der Waals surface area contributed by atoms with Gasteiger partial charge in [0.15, 0.2) is 12.4 Å². The van der Waals surface area contributed by atoms with E-state index in [9.17, 15) is 19.7 Å². The molecule has 2 aromatic rings. The lowest BCUT2D eigenvalue weighted by Gasteiger charge is -2.09. The Bertz CT molecular complexity index is 982. The Morgan fingerprint density at radius 3 is 2.43 bits per heavy atom. The van der Waals surface area contributed by atoms with Crippen LogP contribution in [0.25, 0.3) is 0 Å². The van der Waals surface area contributed by atoms with Gasteiger partial charge in [-0.15, -0.1) is 0 Å². The van der Waals surface area contributed by atoms with Crippen molar-refractivity contribution >= 4 is 23.8 Å². The van der Waals surface area contributed by atoms with E-state index in [-0.39, 0.29) is 23.7 Å². The molecule has 0 spiro atoms. The van der Waals surface area contributed by atoms with E-state index in [2.05, 4.69) is 10.5 Å². The van der Waals surface area contributed by atoms with Gasteiger partial charge in [-0.05, 0) is 49.2 Å². The fraction of sp³-hybridized carbons (Fsp3) is 0.250. The molecule has 0 saturated carbocycles. The molecule has 0 bridgehead atoms. The Morgan fingerprint density at radius 2 is 1.87 bits per heavy atom. The molecule has 0 aliphatic carbocycles. The van der Waals surface area contributed by atoms with Gasteiger partial charge >= 0.3 is 11.7 Å². The topological polar surface area (TPSA) is 129 Å². The number of nitrogens with zero attached hydrogens (tertiary/aromatic N) is 2. The lowest BCUT2D eigenvalue weighted by Crippen LogP contribution is -2.24. The van der Waals surface area contributed by atoms with Crippen molar-refractivity contribution < 1.29 is 28.7 Å². The number of carbonyl (C=O) groups is 2. The maximum atomic E-state index is 11.9. The lowest BCUT2D eigenvalue weighted by atomic mass is 10.1. The largest absolute Gasteiger partial charge is 0.488 e. The fourth-order valence-corrected chi connectivity index (χ4v) is 2.66. The zero-order valence-corrected chi connectivity index (χ0v) is 16.9. The first-order chi connectivity index (χ1) is 14.2. The summed E-state index contributed by atoms with van der Waals surface area (Å²) in [5.41, 5.74) is 3.83. The monoisotopic (exact) mass is 415 g/mol. The van der Waals surface area contributed by atoms with Crippen LogP contribution in [0.3, 0.4) is 0 Å². The number of rotatable bonds is 8. The number of aryl methyl sites for hydroxylation is 2.